The highest BCUT2D eigenvalue weighted by Crippen LogP contribution is 2.24. The number of nitrogens with one attached hydrogen (secondary N) is 1. The number of hydrogen-bond acceptors (Lipinski definition) is 1. The van der Waals surface area contributed by atoms with Gasteiger partial charge in [0, 0.05) is 6.54 Å². The van der Waals surface area contributed by atoms with Gasteiger partial charge in [0.2, 0.25) is 5.91 Å². The van der Waals surface area contributed by atoms with E-state index in [9.17, 15) is 4.79 Å². The Kier molecular flexibility index (Phi) is 5.67. The van der Waals surface area contributed by atoms with E-state index in [1.807, 2.05) is 18.2 Å². The zero-order chi connectivity index (χ0) is 13.3. The summed E-state index contributed by atoms with van der Waals surface area (Å²) in [6.07, 6.45) is 11.2. The molecule has 0 spiro atoms. The van der Waals surface area contributed by atoms with E-state index >= 15 is 0 Å². The molecule has 1 amide bonds. The van der Waals surface area contributed by atoms with Gasteiger partial charge in [-0.1, -0.05) is 55.7 Å². The predicted octanol–water partition coefficient (Wildman–Crippen LogP) is 3.48. The van der Waals surface area contributed by atoms with Gasteiger partial charge in [0.15, 0.2) is 0 Å². The van der Waals surface area contributed by atoms with Crippen molar-refractivity contribution < 1.29 is 4.79 Å². The molecule has 2 rings (SSSR count). The van der Waals surface area contributed by atoms with Crippen LogP contribution in [-0.4, -0.2) is 12.5 Å². The smallest absolute Gasteiger partial charge is 0.243 e. The summed E-state index contributed by atoms with van der Waals surface area (Å²) in [4.78, 5) is 11.7. The summed E-state index contributed by atoms with van der Waals surface area (Å²) in [7, 11) is 0. The van der Waals surface area contributed by atoms with Gasteiger partial charge in [-0.25, -0.2) is 0 Å². The Labute approximate surface area is 115 Å². The van der Waals surface area contributed by atoms with Crippen LogP contribution in [0.25, 0.3) is 0 Å². The van der Waals surface area contributed by atoms with Gasteiger partial charge >= 0.3 is 0 Å². The van der Waals surface area contributed by atoms with E-state index in [0.29, 0.717) is 12.5 Å². The first kappa shape index (κ1) is 13.9. The molecule has 1 aliphatic rings. The van der Waals surface area contributed by atoms with Crippen molar-refractivity contribution in [2.75, 3.05) is 6.54 Å². The second kappa shape index (κ2) is 7.78. The fourth-order valence-corrected chi connectivity index (χ4v) is 2.58. The molecule has 0 unspecified atom stereocenters. The highest BCUT2D eigenvalue weighted by atomic mass is 16.1. The molecule has 0 radical (unpaired) electrons. The van der Waals surface area contributed by atoms with Gasteiger partial charge in [-0.15, -0.1) is 0 Å². The quantitative estimate of drug-likeness (QED) is 0.804. The summed E-state index contributed by atoms with van der Waals surface area (Å²) in [5.41, 5.74) is 1.26. The van der Waals surface area contributed by atoms with Gasteiger partial charge in [-0.05, 0) is 36.8 Å². The fourth-order valence-electron chi connectivity index (χ4n) is 2.58. The Morgan fingerprint density at radius 2 is 1.89 bits per heavy atom. The van der Waals surface area contributed by atoms with Gasteiger partial charge in [-0.2, -0.15) is 0 Å². The van der Waals surface area contributed by atoms with Crippen molar-refractivity contribution in [2.45, 2.75) is 38.5 Å². The Morgan fingerprint density at radius 1 is 1.16 bits per heavy atom. The summed E-state index contributed by atoms with van der Waals surface area (Å²) in [5.74, 6) is 0.662. The normalized spacial score (nSPS) is 16.6. The Morgan fingerprint density at radius 3 is 2.63 bits per heavy atom. The Balaban J connectivity index is 1.65. The predicted molar refractivity (Wildman–Crippen MR) is 78.9 cm³/mol. The number of carbonyl (C=O) groups is 1. The van der Waals surface area contributed by atoms with Crippen LogP contribution in [0.3, 0.4) is 0 Å². The van der Waals surface area contributed by atoms with Crippen molar-refractivity contribution in [2.24, 2.45) is 5.92 Å². The number of allylic oxidation sites excluding steroid dienone is 1. The maximum Gasteiger partial charge on any atom is 0.243 e. The summed E-state index contributed by atoms with van der Waals surface area (Å²) in [6.45, 7) is 0.706. The van der Waals surface area contributed by atoms with Gasteiger partial charge in [0.05, 0.1) is 0 Å². The first-order chi connectivity index (χ1) is 9.34. The molecule has 2 nitrogen and oxygen atoms in total. The minimum atomic E-state index is 0.0431. The van der Waals surface area contributed by atoms with Crippen LogP contribution in [0.15, 0.2) is 42.5 Å². The molecule has 1 saturated carbocycles. The molecule has 0 aromatic heterocycles. The van der Waals surface area contributed by atoms with Crippen LogP contribution >= 0.6 is 0 Å². The van der Waals surface area contributed by atoms with Crippen molar-refractivity contribution >= 4 is 5.91 Å². The summed E-state index contributed by atoms with van der Waals surface area (Å²) >= 11 is 0. The zero-order valence-corrected chi connectivity index (χ0v) is 11.5. The minimum absolute atomic E-state index is 0.0431. The van der Waals surface area contributed by atoms with Crippen molar-refractivity contribution in [1.29, 1.82) is 0 Å². The van der Waals surface area contributed by atoms with E-state index in [-0.39, 0.29) is 5.91 Å². The molecule has 1 aliphatic carbocycles. The van der Waals surface area contributed by atoms with Crippen molar-refractivity contribution in [3.05, 3.63) is 48.0 Å². The van der Waals surface area contributed by atoms with Crippen LogP contribution in [0, 0.1) is 5.92 Å². The van der Waals surface area contributed by atoms with Gasteiger partial charge in [-0.3, -0.25) is 4.79 Å². The molecule has 1 fully saturated rings. The van der Waals surface area contributed by atoms with Crippen LogP contribution in [0.2, 0.25) is 0 Å². The molecular formula is C17H23NO. The highest BCUT2D eigenvalue weighted by molar-refractivity contribution is 5.87. The van der Waals surface area contributed by atoms with Crippen molar-refractivity contribution in [3.63, 3.8) is 0 Å². The van der Waals surface area contributed by atoms with E-state index in [0.717, 1.165) is 6.42 Å². The molecule has 1 aromatic rings. The molecular weight excluding hydrogens is 234 g/mol. The number of amides is 1. The number of benzene rings is 1. The second-order valence-electron chi connectivity index (χ2n) is 5.28. The number of hydrogen-bond donors (Lipinski definition) is 1. The average molecular weight is 257 g/mol. The van der Waals surface area contributed by atoms with Crippen LogP contribution < -0.4 is 5.32 Å². The zero-order valence-electron chi connectivity index (χ0n) is 11.5. The van der Waals surface area contributed by atoms with Crippen LogP contribution in [0.5, 0.6) is 0 Å². The minimum Gasteiger partial charge on any atom is -0.352 e. The lowest BCUT2D eigenvalue weighted by Gasteiger charge is -2.17. The molecule has 1 N–H and O–H groups in total. The van der Waals surface area contributed by atoms with E-state index in [2.05, 4.69) is 23.5 Å². The van der Waals surface area contributed by atoms with Gasteiger partial charge < -0.3 is 5.32 Å². The lowest BCUT2D eigenvalue weighted by atomic mass is 9.89. The molecule has 0 aliphatic heterocycles. The maximum absolute atomic E-state index is 11.7. The topological polar surface area (TPSA) is 29.1 Å². The molecule has 2 heteroatoms. The first-order valence-electron chi connectivity index (χ1n) is 7.34. The van der Waals surface area contributed by atoms with Crippen LogP contribution in [-0.2, 0) is 11.2 Å². The Bertz CT molecular complexity index is 405. The molecule has 102 valence electrons. The maximum atomic E-state index is 11.7. The third kappa shape index (κ3) is 5.29. The standard InChI is InChI=1S/C17H23NO/c19-17(12-11-15-7-3-1-4-8-15)18-14-13-16-9-5-2-6-10-16/h2,5-6,9-12,15H,1,3-4,7-8,13-14H2,(H,18,19)/b12-11+. The summed E-state index contributed by atoms with van der Waals surface area (Å²) < 4.78 is 0. The van der Waals surface area contributed by atoms with Crippen LogP contribution in [0.4, 0.5) is 0 Å². The molecule has 0 atom stereocenters. The molecule has 19 heavy (non-hydrogen) atoms. The largest absolute Gasteiger partial charge is 0.352 e. The molecule has 0 saturated heterocycles. The van der Waals surface area contributed by atoms with E-state index in [1.54, 1.807) is 6.08 Å². The fraction of sp³-hybridized carbons (Fsp3) is 0.471. The average Bonchev–Trinajstić information content (AvgIpc) is 2.47. The first-order valence-corrected chi connectivity index (χ1v) is 7.34. The number of carbonyl (C=O) groups excluding carboxylic acids is 1. The second-order valence-corrected chi connectivity index (χ2v) is 5.28. The third-order valence-corrected chi connectivity index (χ3v) is 3.73. The monoisotopic (exact) mass is 257 g/mol. The van der Waals surface area contributed by atoms with E-state index < -0.39 is 0 Å². The summed E-state index contributed by atoms with van der Waals surface area (Å²) in [6, 6.07) is 10.2. The SMILES string of the molecule is O=C(/C=C/C1CCCCC1)NCCc1ccccc1. The van der Waals surface area contributed by atoms with E-state index in [1.165, 1.54) is 37.7 Å². The molecule has 0 heterocycles. The van der Waals surface area contributed by atoms with Crippen LogP contribution in [0.1, 0.15) is 37.7 Å². The summed E-state index contributed by atoms with van der Waals surface area (Å²) in [5, 5.41) is 2.94. The van der Waals surface area contributed by atoms with Gasteiger partial charge in [0.1, 0.15) is 0 Å². The molecule has 0 bridgehead atoms. The Hall–Kier alpha value is -1.57. The molecule has 1 aromatic carbocycles. The lowest BCUT2D eigenvalue weighted by molar-refractivity contribution is -0.116. The van der Waals surface area contributed by atoms with Crippen molar-refractivity contribution in [1.82, 2.24) is 5.32 Å². The van der Waals surface area contributed by atoms with E-state index in [4.69, 9.17) is 0 Å². The number of rotatable bonds is 5. The van der Waals surface area contributed by atoms with Gasteiger partial charge in [0.25, 0.3) is 0 Å². The third-order valence-electron chi connectivity index (χ3n) is 3.73. The highest BCUT2D eigenvalue weighted by Gasteiger charge is 2.10. The van der Waals surface area contributed by atoms with Crippen molar-refractivity contribution in [3.8, 4) is 0 Å². The lowest BCUT2D eigenvalue weighted by Crippen LogP contribution is -2.23.